The smallest absolute Gasteiger partial charge is 0.311 e. The van der Waals surface area contributed by atoms with Gasteiger partial charge in [-0.2, -0.15) is 35.1 Å². The summed E-state index contributed by atoms with van der Waals surface area (Å²) in [6.07, 6.45) is -23.2. The van der Waals surface area contributed by atoms with Crippen LogP contribution in [-0.2, 0) is 4.74 Å². The van der Waals surface area contributed by atoms with E-state index >= 15 is 0 Å². The van der Waals surface area contributed by atoms with E-state index in [-0.39, 0.29) is 20.8 Å². The molecule has 0 aliphatic carbocycles. The molecular formula is C12H15F11O. The summed E-state index contributed by atoms with van der Waals surface area (Å²) in [4.78, 5) is 0. The molecule has 0 aliphatic rings. The van der Waals surface area contributed by atoms with E-state index in [2.05, 4.69) is 4.74 Å². The molecule has 24 heavy (non-hydrogen) atoms. The predicted octanol–water partition coefficient (Wildman–Crippen LogP) is 5.68. The van der Waals surface area contributed by atoms with E-state index in [0.29, 0.717) is 6.92 Å². The number of rotatable bonds is 6. The van der Waals surface area contributed by atoms with Crippen molar-refractivity contribution in [1.82, 2.24) is 0 Å². The summed E-state index contributed by atoms with van der Waals surface area (Å²) in [5.41, 5.74) is -14.8. The summed E-state index contributed by atoms with van der Waals surface area (Å²) in [6, 6.07) is 0. The highest BCUT2D eigenvalue weighted by Crippen LogP contribution is 2.55. The zero-order valence-corrected chi connectivity index (χ0v) is 12.9. The van der Waals surface area contributed by atoms with Crippen LogP contribution in [-0.4, -0.2) is 41.6 Å². The van der Waals surface area contributed by atoms with Crippen molar-refractivity contribution >= 4 is 0 Å². The third-order valence-corrected chi connectivity index (χ3v) is 3.82. The Labute approximate surface area is 130 Å². The van der Waals surface area contributed by atoms with Gasteiger partial charge in [-0.15, -0.1) is 0 Å². The molecule has 0 radical (unpaired) electrons. The summed E-state index contributed by atoms with van der Waals surface area (Å²) in [7, 11) is 0. The molecule has 0 amide bonds. The molecule has 0 saturated carbocycles. The summed E-state index contributed by atoms with van der Waals surface area (Å²) in [5, 5.41) is 0. The first-order valence-electron chi connectivity index (χ1n) is 6.45. The van der Waals surface area contributed by atoms with Crippen molar-refractivity contribution in [2.24, 2.45) is 0 Å². The molecule has 0 aromatic heterocycles. The van der Waals surface area contributed by atoms with E-state index in [9.17, 15) is 48.3 Å². The number of ether oxygens (including phenoxy) is 1. The van der Waals surface area contributed by atoms with Crippen LogP contribution in [0.2, 0.25) is 0 Å². The van der Waals surface area contributed by atoms with Crippen molar-refractivity contribution in [3.8, 4) is 0 Å². The average Bonchev–Trinajstić information content (AvgIpc) is 2.33. The van der Waals surface area contributed by atoms with Crippen molar-refractivity contribution in [2.75, 3.05) is 0 Å². The van der Waals surface area contributed by atoms with Gasteiger partial charge in [-0.05, 0) is 27.2 Å². The minimum atomic E-state index is -6.55. The Hall–Kier alpha value is -0.810. The lowest BCUT2D eigenvalue weighted by atomic mass is 9.83. The molecule has 0 N–H and O–H groups in total. The van der Waals surface area contributed by atoms with Gasteiger partial charge in [0.25, 0.3) is 0 Å². The van der Waals surface area contributed by atoms with E-state index in [4.69, 9.17) is 0 Å². The van der Waals surface area contributed by atoms with Crippen LogP contribution in [0.25, 0.3) is 0 Å². The molecule has 0 rings (SSSR count). The molecule has 4 atom stereocenters. The maximum atomic E-state index is 14.1. The van der Waals surface area contributed by atoms with Gasteiger partial charge >= 0.3 is 24.1 Å². The maximum absolute atomic E-state index is 14.1. The first kappa shape index (κ1) is 23.2. The van der Waals surface area contributed by atoms with Crippen LogP contribution < -0.4 is 0 Å². The topological polar surface area (TPSA) is 9.23 Å². The second-order valence-electron chi connectivity index (χ2n) is 5.56. The van der Waals surface area contributed by atoms with E-state index in [1.807, 2.05) is 0 Å². The standard InChI is InChI=1S/C12H15F11O/c1-5-7(3,13)9(15,11(19,20)21)12(22,23)24-6(2)8(4,14)10(16,17)18/h6H,5H2,1-4H3. The SMILES string of the molecule is CCC(C)(F)C(F)(C(F)(F)F)C(F)(F)OC(C)C(C)(F)C(F)(F)F. The highest BCUT2D eigenvalue weighted by Gasteiger charge is 2.81. The second-order valence-corrected chi connectivity index (χ2v) is 5.56. The van der Waals surface area contributed by atoms with Crippen molar-refractivity contribution in [3.05, 3.63) is 0 Å². The molecule has 12 heteroatoms. The number of halogens is 11. The zero-order valence-electron chi connectivity index (χ0n) is 12.9. The molecular weight excluding hydrogens is 369 g/mol. The Kier molecular flexibility index (Phi) is 5.96. The minimum Gasteiger partial charge on any atom is -0.311 e. The first-order valence-corrected chi connectivity index (χ1v) is 6.45. The summed E-state index contributed by atoms with van der Waals surface area (Å²) in [6.45, 7) is 0.199. The van der Waals surface area contributed by atoms with Crippen molar-refractivity contribution in [2.45, 2.75) is 75.7 Å². The monoisotopic (exact) mass is 384 g/mol. The molecule has 146 valence electrons. The Bertz CT molecular complexity index is 437. The molecule has 0 bridgehead atoms. The normalized spacial score (nSPS) is 23.1. The van der Waals surface area contributed by atoms with Gasteiger partial charge in [0.15, 0.2) is 5.67 Å². The first-order chi connectivity index (χ1) is 10.2. The molecule has 4 unspecified atom stereocenters. The van der Waals surface area contributed by atoms with Crippen LogP contribution in [0.4, 0.5) is 48.3 Å². The summed E-state index contributed by atoms with van der Waals surface area (Å²) in [5.74, 6) is 0. The number of alkyl halides is 11. The zero-order chi connectivity index (χ0) is 20.0. The van der Waals surface area contributed by atoms with Crippen LogP contribution in [0.5, 0.6) is 0 Å². The second kappa shape index (κ2) is 6.17. The average molecular weight is 384 g/mol. The lowest BCUT2D eigenvalue weighted by Crippen LogP contribution is -2.68. The molecule has 0 aliphatic heterocycles. The van der Waals surface area contributed by atoms with E-state index in [1.165, 1.54) is 0 Å². The van der Waals surface area contributed by atoms with E-state index in [0.717, 1.165) is 0 Å². The number of hydrogen-bond acceptors (Lipinski definition) is 1. The fourth-order valence-corrected chi connectivity index (χ4v) is 1.65. The fourth-order valence-electron chi connectivity index (χ4n) is 1.65. The van der Waals surface area contributed by atoms with Crippen LogP contribution in [0.1, 0.15) is 34.1 Å². The third kappa shape index (κ3) is 3.57. The summed E-state index contributed by atoms with van der Waals surface area (Å²) < 4.78 is 148. The van der Waals surface area contributed by atoms with Gasteiger partial charge < -0.3 is 4.74 Å². The van der Waals surface area contributed by atoms with E-state index in [1.54, 1.807) is 0 Å². The van der Waals surface area contributed by atoms with Gasteiger partial charge in [0.05, 0.1) is 0 Å². The van der Waals surface area contributed by atoms with Crippen LogP contribution in [0.15, 0.2) is 0 Å². The lowest BCUT2D eigenvalue weighted by Gasteiger charge is -2.43. The van der Waals surface area contributed by atoms with Gasteiger partial charge in [0, 0.05) is 0 Å². The minimum absolute atomic E-state index is 0.0275. The molecule has 0 spiro atoms. The molecule has 0 aromatic rings. The predicted molar refractivity (Wildman–Crippen MR) is 60.8 cm³/mol. The van der Waals surface area contributed by atoms with E-state index < -0.39 is 48.0 Å². The maximum Gasteiger partial charge on any atom is 0.434 e. The Balaban J connectivity index is 6.01. The van der Waals surface area contributed by atoms with Crippen molar-refractivity contribution in [1.29, 1.82) is 0 Å². The van der Waals surface area contributed by atoms with Crippen LogP contribution in [0, 0.1) is 0 Å². The van der Waals surface area contributed by atoms with Gasteiger partial charge in [0.1, 0.15) is 6.10 Å². The lowest BCUT2D eigenvalue weighted by molar-refractivity contribution is -0.427. The molecule has 0 heterocycles. The number of hydrogen-bond donors (Lipinski definition) is 0. The van der Waals surface area contributed by atoms with Gasteiger partial charge in [0.2, 0.25) is 5.67 Å². The van der Waals surface area contributed by atoms with Crippen molar-refractivity contribution in [3.63, 3.8) is 0 Å². The van der Waals surface area contributed by atoms with Gasteiger partial charge in [-0.1, -0.05) is 6.92 Å². The van der Waals surface area contributed by atoms with Crippen molar-refractivity contribution < 1.29 is 53.0 Å². The third-order valence-electron chi connectivity index (χ3n) is 3.82. The Morgan fingerprint density at radius 1 is 0.750 bits per heavy atom. The van der Waals surface area contributed by atoms with Crippen LogP contribution >= 0.6 is 0 Å². The fraction of sp³-hybridized carbons (Fsp3) is 1.00. The molecule has 1 nitrogen and oxygen atoms in total. The van der Waals surface area contributed by atoms with Crippen LogP contribution in [0.3, 0.4) is 0 Å². The Morgan fingerprint density at radius 3 is 1.38 bits per heavy atom. The molecule has 0 saturated heterocycles. The van der Waals surface area contributed by atoms with Gasteiger partial charge in [-0.3, -0.25) is 0 Å². The highest BCUT2D eigenvalue weighted by molar-refractivity contribution is 5.09. The largest absolute Gasteiger partial charge is 0.434 e. The quantitative estimate of drug-likeness (QED) is 0.535. The molecule has 0 aromatic carbocycles. The highest BCUT2D eigenvalue weighted by atomic mass is 19.4. The van der Waals surface area contributed by atoms with Gasteiger partial charge in [-0.25, -0.2) is 13.2 Å². The Morgan fingerprint density at radius 2 is 1.12 bits per heavy atom. The molecule has 0 fully saturated rings. The summed E-state index contributed by atoms with van der Waals surface area (Å²) >= 11 is 0.